The lowest BCUT2D eigenvalue weighted by Crippen LogP contribution is -2.41. The van der Waals surface area contributed by atoms with Crippen molar-refractivity contribution >= 4 is 39.1 Å². The van der Waals surface area contributed by atoms with Crippen LogP contribution in [0.4, 0.5) is 0 Å². The highest BCUT2D eigenvalue weighted by Gasteiger charge is 2.28. The topological polar surface area (TPSA) is 75.7 Å². The van der Waals surface area contributed by atoms with Gasteiger partial charge in [-0.1, -0.05) is 65.2 Å². The largest absolute Gasteiger partial charge is 0.496 e. The average molecular weight is 521 g/mol. The smallest absolute Gasteiger partial charge is 0.243 e. The number of amides is 1. The summed E-state index contributed by atoms with van der Waals surface area (Å²) in [4.78, 5) is 13.1. The first-order valence-electron chi connectivity index (χ1n) is 10.5. The Labute approximate surface area is 210 Å². The number of para-hydroxylation sites is 1. The standard InChI is InChI=1S/C25H26Cl2N2O4S/c1-17-8-12-21(13-9-17)34(31,32)29(15-19-10-11-20(26)14-23(19)27)16-25(30)28-18(2)22-6-4-5-7-24(22)33-3/h4-14,18H,15-16H2,1-3H3,(H,28,30)/t18-/m0/s1. The average Bonchev–Trinajstić information content (AvgIpc) is 2.80. The van der Waals surface area contributed by atoms with Crippen LogP contribution in [-0.2, 0) is 21.4 Å². The molecule has 180 valence electrons. The first-order chi connectivity index (χ1) is 16.1. The molecule has 0 saturated carbocycles. The summed E-state index contributed by atoms with van der Waals surface area (Å²) >= 11 is 12.3. The number of nitrogens with zero attached hydrogens (tertiary/aromatic N) is 1. The maximum Gasteiger partial charge on any atom is 0.243 e. The van der Waals surface area contributed by atoms with Gasteiger partial charge in [0.1, 0.15) is 5.75 Å². The van der Waals surface area contributed by atoms with Crippen LogP contribution in [0.2, 0.25) is 10.0 Å². The Kier molecular flexibility index (Phi) is 8.60. The number of rotatable bonds is 9. The van der Waals surface area contributed by atoms with Crippen LogP contribution in [0.25, 0.3) is 0 Å². The van der Waals surface area contributed by atoms with E-state index in [0.717, 1.165) is 15.4 Å². The van der Waals surface area contributed by atoms with E-state index in [2.05, 4.69) is 5.32 Å². The Bertz CT molecular complexity index is 1260. The third-order valence-electron chi connectivity index (χ3n) is 5.32. The number of hydrogen-bond acceptors (Lipinski definition) is 4. The molecular weight excluding hydrogens is 495 g/mol. The second-order valence-corrected chi connectivity index (χ2v) is 10.6. The minimum Gasteiger partial charge on any atom is -0.496 e. The van der Waals surface area contributed by atoms with E-state index >= 15 is 0 Å². The van der Waals surface area contributed by atoms with Crippen LogP contribution in [0, 0.1) is 6.92 Å². The van der Waals surface area contributed by atoms with Crippen molar-refractivity contribution in [3.8, 4) is 5.75 Å². The minimum atomic E-state index is -4.00. The van der Waals surface area contributed by atoms with Gasteiger partial charge in [-0.25, -0.2) is 8.42 Å². The van der Waals surface area contributed by atoms with Crippen LogP contribution < -0.4 is 10.1 Å². The molecule has 3 aromatic carbocycles. The van der Waals surface area contributed by atoms with E-state index in [4.69, 9.17) is 27.9 Å². The fraction of sp³-hybridized carbons (Fsp3) is 0.240. The molecule has 0 spiro atoms. The van der Waals surface area contributed by atoms with Gasteiger partial charge in [-0.05, 0) is 49.7 Å². The van der Waals surface area contributed by atoms with Crippen molar-refractivity contribution in [1.29, 1.82) is 0 Å². The zero-order chi connectivity index (χ0) is 24.9. The van der Waals surface area contributed by atoms with Crippen molar-refractivity contribution in [1.82, 2.24) is 9.62 Å². The molecule has 0 radical (unpaired) electrons. The number of hydrogen-bond donors (Lipinski definition) is 1. The number of sulfonamides is 1. The quantitative estimate of drug-likeness (QED) is 0.411. The van der Waals surface area contributed by atoms with Crippen molar-refractivity contribution in [2.24, 2.45) is 0 Å². The van der Waals surface area contributed by atoms with Gasteiger partial charge in [0.15, 0.2) is 0 Å². The second kappa shape index (κ2) is 11.2. The SMILES string of the molecule is COc1ccccc1[C@H](C)NC(=O)CN(Cc1ccc(Cl)cc1Cl)S(=O)(=O)c1ccc(C)cc1. The van der Waals surface area contributed by atoms with Gasteiger partial charge in [0.05, 0.1) is 24.6 Å². The van der Waals surface area contributed by atoms with Gasteiger partial charge in [0.2, 0.25) is 15.9 Å². The van der Waals surface area contributed by atoms with Gasteiger partial charge in [-0.3, -0.25) is 4.79 Å². The molecule has 0 heterocycles. The Hall–Kier alpha value is -2.58. The molecule has 0 aliphatic carbocycles. The van der Waals surface area contributed by atoms with Crippen LogP contribution in [0.1, 0.15) is 29.7 Å². The van der Waals surface area contributed by atoms with Gasteiger partial charge in [0.25, 0.3) is 0 Å². The summed E-state index contributed by atoms with van der Waals surface area (Å²) < 4.78 is 33.4. The molecule has 6 nitrogen and oxygen atoms in total. The van der Waals surface area contributed by atoms with E-state index in [-0.39, 0.29) is 11.4 Å². The lowest BCUT2D eigenvalue weighted by atomic mass is 10.1. The molecule has 1 N–H and O–H groups in total. The molecule has 9 heteroatoms. The summed E-state index contributed by atoms with van der Waals surface area (Å²) in [5.41, 5.74) is 2.24. The highest BCUT2D eigenvalue weighted by molar-refractivity contribution is 7.89. The molecule has 1 amide bonds. The number of nitrogens with one attached hydrogen (secondary N) is 1. The summed E-state index contributed by atoms with van der Waals surface area (Å²) in [5, 5.41) is 3.62. The van der Waals surface area contributed by atoms with Gasteiger partial charge in [0, 0.05) is 22.2 Å². The summed E-state index contributed by atoms with van der Waals surface area (Å²) in [6.07, 6.45) is 0. The fourth-order valence-electron chi connectivity index (χ4n) is 3.47. The summed E-state index contributed by atoms with van der Waals surface area (Å²) in [6, 6.07) is 18.2. The summed E-state index contributed by atoms with van der Waals surface area (Å²) in [5.74, 6) is 0.173. The first kappa shape index (κ1) is 26.0. The van der Waals surface area contributed by atoms with E-state index in [9.17, 15) is 13.2 Å². The van der Waals surface area contributed by atoms with E-state index in [1.165, 1.54) is 12.1 Å². The molecule has 0 aliphatic heterocycles. The Morgan fingerprint density at radius 3 is 2.38 bits per heavy atom. The molecule has 0 aromatic heterocycles. The molecular formula is C25H26Cl2N2O4S. The first-order valence-corrected chi connectivity index (χ1v) is 12.7. The molecule has 0 bridgehead atoms. The Balaban J connectivity index is 1.88. The number of methoxy groups -OCH3 is 1. The second-order valence-electron chi connectivity index (χ2n) is 7.85. The van der Waals surface area contributed by atoms with Gasteiger partial charge in [-0.2, -0.15) is 4.31 Å². The zero-order valence-corrected chi connectivity index (χ0v) is 21.4. The van der Waals surface area contributed by atoms with Crippen LogP contribution >= 0.6 is 23.2 Å². The normalized spacial score (nSPS) is 12.4. The van der Waals surface area contributed by atoms with E-state index in [1.54, 1.807) is 43.5 Å². The van der Waals surface area contributed by atoms with Crippen molar-refractivity contribution in [3.05, 3.63) is 93.5 Å². The van der Waals surface area contributed by atoms with Crippen molar-refractivity contribution in [3.63, 3.8) is 0 Å². The highest BCUT2D eigenvalue weighted by atomic mass is 35.5. The van der Waals surface area contributed by atoms with E-state index < -0.39 is 28.5 Å². The highest BCUT2D eigenvalue weighted by Crippen LogP contribution is 2.27. The van der Waals surface area contributed by atoms with Gasteiger partial charge in [-0.15, -0.1) is 0 Å². The number of benzene rings is 3. The molecule has 3 rings (SSSR count). The Morgan fingerprint density at radius 1 is 1.06 bits per heavy atom. The fourth-order valence-corrected chi connectivity index (χ4v) is 5.32. The van der Waals surface area contributed by atoms with Crippen LogP contribution in [-0.4, -0.2) is 32.3 Å². The number of aryl methyl sites for hydroxylation is 1. The van der Waals surface area contributed by atoms with Gasteiger partial charge < -0.3 is 10.1 Å². The lowest BCUT2D eigenvalue weighted by molar-refractivity contribution is -0.122. The monoisotopic (exact) mass is 520 g/mol. The van der Waals surface area contributed by atoms with Crippen molar-refractivity contribution in [2.45, 2.75) is 31.3 Å². The molecule has 34 heavy (non-hydrogen) atoms. The van der Waals surface area contributed by atoms with Gasteiger partial charge >= 0.3 is 0 Å². The number of carbonyl (C=O) groups excluding carboxylic acids is 1. The molecule has 1 atom stereocenters. The summed E-state index contributed by atoms with van der Waals surface area (Å²) in [7, 11) is -2.44. The molecule has 0 fully saturated rings. The Morgan fingerprint density at radius 2 is 1.74 bits per heavy atom. The number of ether oxygens (including phenoxy) is 1. The predicted molar refractivity (Wildman–Crippen MR) is 135 cm³/mol. The third-order valence-corrected chi connectivity index (χ3v) is 7.72. The van der Waals surface area contributed by atoms with Crippen molar-refractivity contribution in [2.75, 3.05) is 13.7 Å². The zero-order valence-electron chi connectivity index (χ0n) is 19.1. The van der Waals surface area contributed by atoms with Crippen LogP contribution in [0.5, 0.6) is 5.75 Å². The minimum absolute atomic E-state index is 0.0914. The number of carbonyl (C=O) groups is 1. The molecule has 0 aliphatic rings. The lowest BCUT2D eigenvalue weighted by Gasteiger charge is -2.24. The van der Waals surface area contributed by atoms with E-state index in [0.29, 0.717) is 21.4 Å². The maximum atomic E-state index is 13.5. The van der Waals surface area contributed by atoms with Crippen LogP contribution in [0.15, 0.2) is 71.6 Å². The van der Waals surface area contributed by atoms with Crippen LogP contribution in [0.3, 0.4) is 0 Å². The number of halogens is 2. The predicted octanol–water partition coefficient (Wildman–Crippen LogP) is 5.38. The summed E-state index contributed by atoms with van der Waals surface area (Å²) in [6.45, 7) is 3.19. The van der Waals surface area contributed by atoms with E-state index in [1.807, 2.05) is 32.0 Å². The molecule has 3 aromatic rings. The molecule has 0 saturated heterocycles. The molecule has 0 unspecified atom stereocenters. The maximum absolute atomic E-state index is 13.5. The third kappa shape index (κ3) is 6.30. The van der Waals surface area contributed by atoms with Crippen molar-refractivity contribution < 1.29 is 17.9 Å².